The Labute approximate surface area is 129 Å². The first-order valence-corrected chi connectivity index (χ1v) is 7.27. The highest BCUT2D eigenvalue weighted by atomic mass is 16.5. The Hall–Kier alpha value is -2.24. The molecule has 0 aromatic heterocycles. The zero-order valence-electron chi connectivity index (χ0n) is 12.8. The van der Waals surface area contributed by atoms with Crippen molar-refractivity contribution in [1.29, 1.82) is 0 Å². The van der Waals surface area contributed by atoms with Gasteiger partial charge in [-0.1, -0.05) is 0 Å². The lowest BCUT2D eigenvalue weighted by Gasteiger charge is -2.34. The van der Waals surface area contributed by atoms with E-state index in [2.05, 4.69) is 0 Å². The van der Waals surface area contributed by atoms with E-state index in [0.29, 0.717) is 31.7 Å². The van der Waals surface area contributed by atoms with Crippen molar-refractivity contribution in [2.45, 2.75) is 12.8 Å². The Balaban J connectivity index is 1.76. The molecule has 120 valence electrons. The van der Waals surface area contributed by atoms with Gasteiger partial charge in [0, 0.05) is 7.05 Å². The van der Waals surface area contributed by atoms with Gasteiger partial charge in [0.25, 0.3) is 0 Å². The van der Waals surface area contributed by atoms with Gasteiger partial charge in [0.05, 0.1) is 25.5 Å². The summed E-state index contributed by atoms with van der Waals surface area (Å²) in [5, 5.41) is 9.00. The highest BCUT2D eigenvalue weighted by molar-refractivity contribution is 5.86. The van der Waals surface area contributed by atoms with E-state index in [1.54, 1.807) is 43.3 Å². The molecule has 0 spiro atoms. The molecule has 0 radical (unpaired) electrons. The Morgan fingerprint density at radius 3 is 2.27 bits per heavy atom. The van der Waals surface area contributed by atoms with Crippen molar-refractivity contribution in [2.24, 2.45) is 11.8 Å². The molecule has 1 aliphatic rings. The highest BCUT2D eigenvalue weighted by Gasteiger charge is 2.42. The van der Waals surface area contributed by atoms with Crippen LogP contribution in [0.4, 0.5) is 0 Å². The molecule has 22 heavy (non-hydrogen) atoms. The highest BCUT2D eigenvalue weighted by Crippen LogP contribution is 2.35. The second-order valence-electron chi connectivity index (χ2n) is 5.41. The van der Waals surface area contributed by atoms with Crippen LogP contribution in [0.2, 0.25) is 0 Å². The molecule has 0 heterocycles. The molecular formula is C16H21NO5. The molecule has 6 heteroatoms. The Morgan fingerprint density at radius 1 is 1.18 bits per heavy atom. The topological polar surface area (TPSA) is 76.1 Å². The van der Waals surface area contributed by atoms with Gasteiger partial charge in [0.15, 0.2) is 0 Å². The molecule has 1 saturated carbocycles. The van der Waals surface area contributed by atoms with Crippen LogP contribution < -0.4 is 9.47 Å². The minimum Gasteiger partial charge on any atom is -0.497 e. The first-order valence-electron chi connectivity index (χ1n) is 7.27. The largest absolute Gasteiger partial charge is 0.497 e. The van der Waals surface area contributed by atoms with Crippen molar-refractivity contribution in [1.82, 2.24) is 4.90 Å². The van der Waals surface area contributed by atoms with E-state index in [9.17, 15) is 9.59 Å². The van der Waals surface area contributed by atoms with Gasteiger partial charge in [0.2, 0.25) is 5.91 Å². The fraction of sp³-hybridized carbons (Fsp3) is 0.500. The molecule has 1 amide bonds. The van der Waals surface area contributed by atoms with Crippen molar-refractivity contribution >= 4 is 11.9 Å². The van der Waals surface area contributed by atoms with Crippen molar-refractivity contribution in [3.05, 3.63) is 24.3 Å². The van der Waals surface area contributed by atoms with E-state index in [0.717, 1.165) is 5.75 Å². The number of rotatable bonds is 7. The molecular weight excluding hydrogens is 286 g/mol. The summed E-state index contributed by atoms with van der Waals surface area (Å²) in [6.45, 7) is 0.784. The third kappa shape index (κ3) is 3.69. The zero-order valence-corrected chi connectivity index (χ0v) is 12.8. The van der Waals surface area contributed by atoms with Gasteiger partial charge in [0.1, 0.15) is 18.1 Å². The number of carboxylic acids is 1. The van der Waals surface area contributed by atoms with Crippen LogP contribution in [0, 0.1) is 11.8 Å². The number of hydrogen-bond donors (Lipinski definition) is 1. The molecule has 6 nitrogen and oxygen atoms in total. The van der Waals surface area contributed by atoms with Crippen molar-refractivity contribution in [2.75, 3.05) is 27.3 Å². The summed E-state index contributed by atoms with van der Waals surface area (Å²) in [6, 6.07) is 7.20. The summed E-state index contributed by atoms with van der Waals surface area (Å²) in [5.41, 5.74) is 0. The smallest absolute Gasteiger partial charge is 0.307 e. The van der Waals surface area contributed by atoms with Crippen LogP contribution in [0.5, 0.6) is 11.5 Å². The number of hydrogen-bond acceptors (Lipinski definition) is 4. The van der Waals surface area contributed by atoms with E-state index < -0.39 is 11.9 Å². The van der Waals surface area contributed by atoms with Gasteiger partial charge in [-0.05, 0) is 37.1 Å². The number of nitrogens with zero attached hydrogens (tertiary/aromatic N) is 1. The molecule has 1 fully saturated rings. The standard InChI is InChI=1S/C16H21NO5/c1-17(15(18)13-7-8-14(13)16(19)20)9-10-22-12-5-3-11(21-2)4-6-12/h3-6,13-14H,7-10H2,1-2H3,(H,19,20). The van der Waals surface area contributed by atoms with E-state index in [-0.39, 0.29) is 11.8 Å². The van der Waals surface area contributed by atoms with Crippen molar-refractivity contribution < 1.29 is 24.2 Å². The van der Waals surface area contributed by atoms with Gasteiger partial charge in [-0.15, -0.1) is 0 Å². The molecule has 1 aromatic carbocycles. The zero-order chi connectivity index (χ0) is 16.1. The summed E-state index contributed by atoms with van der Waals surface area (Å²) in [6.07, 6.45) is 1.24. The number of methoxy groups -OCH3 is 1. The molecule has 0 bridgehead atoms. The molecule has 2 unspecified atom stereocenters. The van der Waals surface area contributed by atoms with Crippen molar-refractivity contribution in [3.8, 4) is 11.5 Å². The number of amides is 1. The predicted octanol–water partition coefficient (Wildman–Crippen LogP) is 1.64. The van der Waals surface area contributed by atoms with E-state index in [4.69, 9.17) is 14.6 Å². The normalized spacial score (nSPS) is 19.9. The number of aliphatic carboxylic acids is 1. The Kier molecular flexibility index (Phi) is 5.25. The van der Waals surface area contributed by atoms with Crippen LogP contribution in [-0.2, 0) is 9.59 Å². The SMILES string of the molecule is COc1ccc(OCCN(C)C(=O)C2CCC2C(=O)O)cc1. The predicted molar refractivity (Wildman–Crippen MR) is 80.0 cm³/mol. The summed E-state index contributed by atoms with van der Waals surface area (Å²) in [5.74, 6) is -0.455. The maximum absolute atomic E-state index is 12.2. The van der Waals surface area contributed by atoms with Crippen LogP contribution >= 0.6 is 0 Å². The molecule has 0 saturated heterocycles. The monoisotopic (exact) mass is 307 g/mol. The fourth-order valence-electron chi connectivity index (χ4n) is 2.46. The van der Waals surface area contributed by atoms with Gasteiger partial charge in [-0.2, -0.15) is 0 Å². The van der Waals surface area contributed by atoms with Crippen LogP contribution in [0.25, 0.3) is 0 Å². The van der Waals surface area contributed by atoms with Gasteiger partial charge >= 0.3 is 5.97 Å². The lowest BCUT2D eigenvalue weighted by atomic mass is 9.73. The number of likely N-dealkylation sites (N-methyl/N-ethyl adjacent to an activating group) is 1. The summed E-state index contributed by atoms with van der Waals surface area (Å²) in [4.78, 5) is 24.7. The maximum atomic E-state index is 12.2. The Morgan fingerprint density at radius 2 is 1.77 bits per heavy atom. The number of carboxylic acid groups (broad SMARTS) is 1. The maximum Gasteiger partial charge on any atom is 0.307 e. The first kappa shape index (κ1) is 16.1. The third-order valence-electron chi connectivity index (χ3n) is 4.04. The van der Waals surface area contributed by atoms with E-state index in [1.165, 1.54) is 0 Å². The molecule has 2 rings (SSSR count). The second kappa shape index (κ2) is 7.15. The molecule has 1 N–H and O–H groups in total. The average molecular weight is 307 g/mol. The Bertz CT molecular complexity index is 528. The number of carbonyl (C=O) groups is 2. The lowest BCUT2D eigenvalue weighted by Crippen LogP contribution is -2.45. The summed E-state index contributed by atoms with van der Waals surface area (Å²) < 4.78 is 10.6. The molecule has 1 aromatic rings. The van der Waals surface area contributed by atoms with Crippen LogP contribution in [0.15, 0.2) is 24.3 Å². The average Bonchev–Trinajstić information content (AvgIpc) is 2.46. The minimum atomic E-state index is -0.882. The molecule has 1 aliphatic carbocycles. The second-order valence-corrected chi connectivity index (χ2v) is 5.41. The third-order valence-corrected chi connectivity index (χ3v) is 4.04. The lowest BCUT2D eigenvalue weighted by molar-refractivity contribution is -0.156. The van der Waals surface area contributed by atoms with Gasteiger partial charge < -0.3 is 19.5 Å². The van der Waals surface area contributed by atoms with Crippen molar-refractivity contribution in [3.63, 3.8) is 0 Å². The van der Waals surface area contributed by atoms with Crippen LogP contribution in [0.3, 0.4) is 0 Å². The quantitative estimate of drug-likeness (QED) is 0.829. The van der Waals surface area contributed by atoms with Gasteiger partial charge in [-0.3, -0.25) is 9.59 Å². The number of carbonyl (C=O) groups excluding carboxylic acids is 1. The van der Waals surface area contributed by atoms with E-state index in [1.807, 2.05) is 0 Å². The fourth-order valence-corrected chi connectivity index (χ4v) is 2.46. The first-order chi connectivity index (χ1) is 10.5. The van der Waals surface area contributed by atoms with Crippen LogP contribution in [-0.4, -0.2) is 49.2 Å². The summed E-state index contributed by atoms with van der Waals surface area (Å²) in [7, 11) is 3.28. The van der Waals surface area contributed by atoms with Crippen LogP contribution in [0.1, 0.15) is 12.8 Å². The van der Waals surface area contributed by atoms with E-state index >= 15 is 0 Å². The summed E-state index contributed by atoms with van der Waals surface area (Å²) >= 11 is 0. The molecule has 0 aliphatic heterocycles. The van der Waals surface area contributed by atoms with Gasteiger partial charge in [-0.25, -0.2) is 0 Å². The number of ether oxygens (including phenoxy) is 2. The number of benzene rings is 1. The molecule has 2 atom stereocenters. The minimum absolute atomic E-state index is 0.114.